The highest BCUT2D eigenvalue weighted by Gasteiger charge is 2.32. The zero-order valence-electron chi connectivity index (χ0n) is 14.0. The maximum absolute atomic E-state index is 12.1. The van der Waals surface area contributed by atoms with E-state index in [4.69, 9.17) is 4.74 Å². The Labute approximate surface area is 137 Å². The topological polar surface area (TPSA) is 66.8 Å². The second-order valence-corrected chi connectivity index (χ2v) is 6.88. The average molecular weight is 318 g/mol. The predicted molar refractivity (Wildman–Crippen MR) is 90.0 cm³/mol. The van der Waals surface area contributed by atoms with Gasteiger partial charge in [-0.25, -0.2) is 4.79 Å². The van der Waals surface area contributed by atoms with Crippen LogP contribution in [0.5, 0.6) is 11.5 Å². The van der Waals surface area contributed by atoms with E-state index in [1.54, 1.807) is 12.1 Å². The largest absolute Gasteiger partial charge is 0.504 e. The first-order valence-corrected chi connectivity index (χ1v) is 8.27. The van der Waals surface area contributed by atoms with Crippen molar-refractivity contribution in [2.75, 3.05) is 0 Å². The molecule has 0 heterocycles. The van der Waals surface area contributed by atoms with Gasteiger partial charge >= 0.3 is 5.97 Å². The molecule has 0 aromatic heterocycles. The first-order valence-electron chi connectivity index (χ1n) is 8.27. The van der Waals surface area contributed by atoms with Crippen molar-refractivity contribution < 1.29 is 19.7 Å². The Balaban J connectivity index is 1.99. The van der Waals surface area contributed by atoms with Crippen molar-refractivity contribution in [3.8, 4) is 11.5 Å². The van der Waals surface area contributed by atoms with Crippen LogP contribution in [-0.4, -0.2) is 22.3 Å². The molecular weight excluding hydrogens is 292 g/mol. The van der Waals surface area contributed by atoms with Gasteiger partial charge in [0.2, 0.25) is 0 Å². The van der Waals surface area contributed by atoms with E-state index in [1.807, 2.05) is 0 Å². The number of hydrogen-bond donors (Lipinski definition) is 2. The lowest BCUT2D eigenvalue weighted by Crippen LogP contribution is -2.35. The molecule has 3 unspecified atom stereocenters. The molecule has 126 valence electrons. The van der Waals surface area contributed by atoms with Crippen LogP contribution < -0.4 is 0 Å². The minimum Gasteiger partial charge on any atom is -0.504 e. The van der Waals surface area contributed by atoms with Gasteiger partial charge in [-0.05, 0) is 54.4 Å². The Morgan fingerprint density at radius 1 is 1.26 bits per heavy atom. The number of ether oxygens (including phenoxy) is 1. The number of hydrogen-bond acceptors (Lipinski definition) is 4. The fourth-order valence-electron chi connectivity index (χ4n) is 3.25. The summed E-state index contributed by atoms with van der Waals surface area (Å²) < 4.78 is 5.67. The van der Waals surface area contributed by atoms with Crippen molar-refractivity contribution in [2.45, 2.75) is 46.1 Å². The first kappa shape index (κ1) is 17.4. The van der Waals surface area contributed by atoms with Crippen molar-refractivity contribution in [3.05, 3.63) is 29.8 Å². The number of carbonyl (C=O) groups is 1. The monoisotopic (exact) mass is 318 g/mol. The van der Waals surface area contributed by atoms with E-state index in [0.29, 0.717) is 23.3 Å². The molecule has 0 amide bonds. The van der Waals surface area contributed by atoms with Crippen LogP contribution in [0, 0.1) is 17.8 Å². The summed E-state index contributed by atoms with van der Waals surface area (Å²) in [5.74, 6) is 0.755. The van der Waals surface area contributed by atoms with Crippen LogP contribution in [0.1, 0.15) is 45.6 Å². The van der Waals surface area contributed by atoms with Gasteiger partial charge in [0.1, 0.15) is 6.10 Å². The van der Waals surface area contributed by atoms with Crippen molar-refractivity contribution in [3.63, 3.8) is 0 Å². The van der Waals surface area contributed by atoms with Crippen molar-refractivity contribution in [1.82, 2.24) is 0 Å². The highest BCUT2D eigenvalue weighted by Crippen LogP contribution is 2.35. The van der Waals surface area contributed by atoms with Crippen LogP contribution in [0.4, 0.5) is 0 Å². The van der Waals surface area contributed by atoms with E-state index < -0.39 is 0 Å². The third-order valence-corrected chi connectivity index (χ3v) is 4.64. The van der Waals surface area contributed by atoms with Gasteiger partial charge < -0.3 is 14.9 Å². The minimum absolute atomic E-state index is 0.0240. The molecule has 4 nitrogen and oxygen atoms in total. The molecule has 1 aliphatic rings. The molecule has 0 bridgehead atoms. The van der Waals surface area contributed by atoms with Gasteiger partial charge in [0.05, 0.1) is 0 Å². The first-order chi connectivity index (χ1) is 10.9. The summed E-state index contributed by atoms with van der Waals surface area (Å²) in [5.41, 5.74) is 0.634. The highest BCUT2D eigenvalue weighted by atomic mass is 16.5. The lowest BCUT2D eigenvalue weighted by atomic mass is 9.75. The number of esters is 1. The van der Waals surface area contributed by atoms with Crippen molar-refractivity contribution in [1.29, 1.82) is 0 Å². The normalized spacial score (nSPS) is 25.0. The van der Waals surface area contributed by atoms with Gasteiger partial charge in [-0.3, -0.25) is 0 Å². The number of aromatic hydroxyl groups is 2. The van der Waals surface area contributed by atoms with E-state index in [9.17, 15) is 15.0 Å². The number of carbonyl (C=O) groups excluding carboxylic acids is 1. The molecule has 1 aliphatic carbocycles. The number of rotatable bonds is 4. The fraction of sp³-hybridized carbons (Fsp3) is 0.526. The van der Waals surface area contributed by atoms with Gasteiger partial charge in [0, 0.05) is 6.08 Å². The van der Waals surface area contributed by atoms with Crippen LogP contribution in [0.15, 0.2) is 24.3 Å². The second-order valence-electron chi connectivity index (χ2n) is 6.88. The maximum atomic E-state index is 12.1. The fourth-order valence-corrected chi connectivity index (χ4v) is 3.25. The summed E-state index contributed by atoms with van der Waals surface area (Å²) in [6, 6.07) is 4.41. The Hall–Kier alpha value is -1.97. The Bertz CT molecular complexity index is 577. The molecule has 1 fully saturated rings. The summed E-state index contributed by atoms with van der Waals surface area (Å²) in [4.78, 5) is 12.1. The van der Waals surface area contributed by atoms with E-state index in [1.165, 1.54) is 24.6 Å². The molecule has 0 radical (unpaired) electrons. The van der Waals surface area contributed by atoms with Gasteiger partial charge in [-0.2, -0.15) is 0 Å². The zero-order valence-corrected chi connectivity index (χ0v) is 14.0. The zero-order chi connectivity index (χ0) is 17.0. The van der Waals surface area contributed by atoms with Gasteiger partial charge in [-0.1, -0.05) is 33.3 Å². The summed E-state index contributed by atoms with van der Waals surface area (Å²) in [5, 5.41) is 18.7. The molecule has 3 atom stereocenters. The number of phenols is 2. The molecule has 1 aromatic rings. The lowest BCUT2D eigenvalue weighted by Gasteiger charge is -2.36. The van der Waals surface area contributed by atoms with Crippen LogP contribution >= 0.6 is 0 Å². The molecule has 2 N–H and O–H groups in total. The highest BCUT2D eigenvalue weighted by molar-refractivity contribution is 5.87. The quantitative estimate of drug-likeness (QED) is 0.498. The van der Waals surface area contributed by atoms with Gasteiger partial charge in [0.15, 0.2) is 11.5 Å². The van der Waals surface area contributed by atoms with E-state index in [2.05, 4.69) is 20.8 Å². The number of benzene rings is 1. The minimum atomic E-state index is -0.359. The van der Waals surface area contributed by atoms with Crippen LogP contribution in [0.25, 0.3) is 6.08 Å². The lowest BCUT2D eigenvalue weighted by molar-refractivity contribution is -0.149. The van der Waals surface area contributed by atoms with E-state index >= 15 is 0 Å². The van der Waals surface area contributed by atoms with Gasteiger partial charge in [0.25, 0.3) is 0 Å². The molecule has 23 heavy (non-hydrogen) atoms. The number of phenolic OH excluding ortho intramolecular Hbond substituents is 2. The summed E-state index contributed by atoms with van der Waals surface area (Å²) in [6.45, 7) is 6.56. The molecule has 2 rings (SSSR count). The standard InChI is InChI=1S/C19H26O4/c1-12(2)15-7-4-13(3)10-18(15)23-19(22)9-6-14-5-8-16(20)17(21)11-14/h5-6,8-9,11-13,15,18,20-21H,4,7,10H2,1-3H3/b9-6+. The Morgan fingerprint density at radius 3 is 2.65 bits per heavy atom. The molecule has 0 aliphatic heterocycles. The molecule has 4 heteroatoms. The van der Waals surface area contributed by atoms with Crippen LogP contribution in [-0.2, 0) is 9.53 Å². The molecular formula is C19H26O4. The SMILES string of the molecule is CC1CCC(C(C)C)C(OC(=O)/C=C/c2ccc(O)c(O)c2)C1. The molecule has 1 aromatic carbocycles. The summed E-state index contributed by atoms with van der Waals surface area (Å²) in [6.07, 6.45) is 6.15. The summed E-state index contributed by atoms with van der Waals surface area (Å²) >= 11 is 0. The summed E-state index contributed by atoms with van der Waals surface area (Å²) in [7, 11) is 0. The van der Waals surface area contributed by atoms with Crippen LogP contribution in [0.2, 0.25) is 0 Å². The van der Waals surface area contributed by atoms with E-state index in [0.717, 1.165) is 12.8 Å². The Kier molecular flexibility index (Phi) is 5.69. The van der Waals surface area contributed by atoms with Gasteiger partial charge in [-0.15, -0.1) is 0 Å². The molecule has 0 saturated heterocycles. The Morgan fingerprint density at radius 2 is 2.00 bits per heavy atom. The maximum Gasteiger partial charge on any atom is 0.331 e. The molecule has 0 spiro atoms. The third kappa shape index (κ3) is 4.75. The smallest absolute Gasteiger partial charge is 0.331 e. The predicted octanol–water partition coefficient (Wildman–Crippen LogP) is 4.12. The molecule has 1 saturated carbocycles. The van der Waals surface area contributed by atoms with Crippen molar-refractivity contribution in [2.24, 2.45) is 17.8 Å². The third-order valence-electron chi connectivity index (χ3n) is 4.64. The second kappa shape index (κ2) is 7.53. The van der Waals surface area contributed by atoms with Crippen molar-refractivity contribution >= 4 is 12.0 Å². The average Bonchev–Trinajstić information content (AvgIpc) is 2.48. The van der Waals surface area contributed by atoms with E-state index in [-0.39, 0.29) is 23.6 Å². The van der Waals surface area contributed by atoms with Crippen LogP contribution in [0.3, 0.4) is 0 Å².